The zero-order valence-electron chi connectivity index (χ0n) is 26.5. The van der Waals surface area contributed by atoms with Gasteiger partial charge in [0.15, 0.2) is 0 Å². The number of hydrogen-bond acceptors (Lipinski definition) is 3. The average Bonchev–Trinajstić information content (AvgIpc) is 2.90. The summed E-state index contributed by atoms with van der Waals surface area (Å²) < 4.78 is 6.08. The molecule has 0 aromatic heterocycles. The van der Waals surface area contributed by atoms with Crippen molar-refractivity contribution in [1.29, 1.82) is 0 Å². The highest BCUT2D eigenvalue weighted by atomic mass is 16.5. The zero-order chi connectivity index (χ0) is 28.7. The Hall–Kier alpha value is -1.06. The topological polar surface area (TPSA) is 63.6 Å². The number of carbonyl (C=O) groups excluding carboxylic acids is 1. The van der Waals surface area contributed by atoms with Gasteiger partial charge >= 0.3 is 11.9 Å². The van der Waals surface area contributed by atoms with Crippen molar-refractivity contribution in [3.05, 3.63) is 0 Å². The fourth-order valence-corrected chi connectivity index (χ4v) is 5.74. The van der Waals surface area contributed by atoms with Crippen molar-refractivity contribution in [1.82, 2.24) is 0 Å². The lowest BCUT2D eigenvalue weighted by atomic mass is 9.69. The van der Waals surface area contributed by atoms with Gasteiger partial charge in [-0.3, -0.25) is 9.59 Å². The van der Waals surface area contributed by atoms with Crippen LogP contribution in [0.25, 0.3) is 0 Å². The van der Waals surface area contributed by atoms with Crippen LogP contribution in [0.4, 0.5) is 0 Å². The van der Waals surface area contributed by atoms with E-state index in [-0.39, 0.29) is 5.97 Å². The van der Waals surface area contributed by atoms with Gasteiger partial charge in [0.05, 0.1) is 12.0 Å². The van der Waals surface area contributed by atoms with Crippen molar-refractivity contribution in [2.75, 3.05) is 6.61 Å². The molecule has 0 aromatic carbocycles. The molecule has 0 saturated heterocycles. The molecule has 0 aliphatic heterocycles. The minimum atomic E-state index is -0.675. The number of ether oxygens (including phenoxy) is 1. The zero-order valence-corrected chi connectivity index (χ0v) is 26.5. The van der Waals surface area contributed by atoms with Crippen LogP contribution < -0.4 is 0 Å². The summed E-state index contributed by atoms with van der Waals surface area (Å²) in [5.74, 6) is 0.808. The molecule has 0 aliphatic carbocycles. The first-order chi connectivity index (χ1) is 18.2. The van der Waals surface area contributed by atoms with E-state index in [1.54, 1.807) is 0 Å². The minimum Gasteiger partial charge on any atom is -0.481 e. The summed E-state index contributed by atoms with van der Waals surface area (Å²) in [6.45, 7) is 14.1. The molecule has 0 aromatic rings. The summed E-state index contributed by atoms with van der Waals surface area (Å²) in [5, 5.41) is 8.70. The summed E-state index contributed by atoms with van der Waals surface area (Å²) in [5.41, 5.74) is -0.391. The number of rotatable bonds is 27. The van der Waals surface area contributed by atoms with Gasteiger partial charge in [0.25, 0.3) is 0 Å². The van der Waals surface area contributed by atoms with Gasteiger partial charge in [0.1, 0.15) is 0 Å². The quantitative estimate of drug-likeness (QED) is 0.0834. The number of carbonyl (C=O) groups is 2. The van der Waals surface area contributed by atoms with Gasteiger partial charge in [-0.15, -0.1) is 0 Å². The Morgan fingerprint density at radius 2 is 1.16 bits per heavy atom. The monoisotopic (exact) mass is 538 g/mol. The molecule has 0 bridgehead atoms. The van der Waals surface area contributed by atoms with E-state index in [1.165, 1.54) is 77.0 Å². The Labute approximate surface area is 237 Å². The van der Waals surface area contributed by atoms with Crippen LogP contribution in [0.2, 0.25) is 0 Å². The first kappa shape index (κ1) is 36.9. The summed E-state index contributed by atoms with van der Waals surface area (Å²) in [7, 11) is 0. The van der Waals surface area contributed by atoms with E-state index < -0.39 is 11.4 Å². The first-order valence-electron chi connectivity index (χ1n) is 16.6. The van der Waals surface area contributed by atoms with E-state index >= 15 is 0 Å². The number of hydrogen-bond donors (Lipinski definition) is 1. The molecule has 4 atom stereocenters. The largest absolute Gasteiger partial charge is 0.481 e. The van der Waals surface area contributed by atoms with Crippen molar-refractivity contribution >= 4 is 11.9 Å². The Bertz CT molecular complexity index is 575. The maximum absolute atomic E-state index is 13.6. The second-order valence-electron chi connectivity index (χ2n) is 12.4. The highest BCUT2D eigenvalue weighted by Crippen LogP contribution is 2.41. The van der Waals surface area contributed by atoms with Crippen molar-refractivity contribution in [3.63, 3.8) is 0 Å². The summed E-state index contributed by atoms with van der Waals surface area (Å²) in [6, 6.07) is 0. The third kappa shape index (κ3) is 17.5. The van der Waals surface area contributed by atoms with Crippen LogP contribution in [-0.4, -0.2) is 23.7 Å². The van der Waals surface area contributed by atoms with E-state index in [0.29, 0.717) is 30.8 Å². The predicted molar refractivity (Wildman–Crippen MR) is 162 cm³/mol. The van der Waals surface area contributed by atoms with E-state index in [4.69, 9.17) is 9.84 Å². The number of unbranched alkanes of at least 4 members (excludes halogenated alkanes) is 11. The Balaban J connectivity index is 4.65. The van der Waals surface area contributed by atoms with Crippen molar-refractivity contribution in [3.8, 4) is 0 Å². The van der Waals surface area contributed by atoms with Gasteiger partial charge in [-0.2, -0.15) is 0 Å². The van der Waals surface area contributed by atoms with Crippen LogP contribution in [0.1, 0.15) is 176 Å². The van der Waals surface area contributed by atoms with Gasteiger partial charge in [-0.25, -0.2) is 0 Å². The molecule has 0 fully saturated rings. The average molecular weight is 539 g/mol. The number of aliphatic carboxylic acids is 1. The van der Waals surface area contributed by atoms with Gasteiger partial charge in [-0.05, 0) is 50.4 Å². The summed E-state index contributed by atoms with van der Waals surface area (Å²) in [4.78, 5) is 24.2. The second-order valence-corrected chi connectivity index (χ2v) is 12.4. The predicted octanol–water partition coefficient (Wildman–Crippen LogP) is 10.8. The van der Waals surface area contributed by atoms with E-state index in [1.807, 2.05) is 0 Å². The molecule has 38 heavy (non-hydrogen) atoms. The molecule has 1 N–H and O–H groups in total. The van der Waals surface area contributed by atoms with Crippen LogP contribution in [0.5, 0.6) is 0 Å². The highest BCUT2D eigenvalue weighted by Gasteiger charge is 2.41. The van der Waals surface area contributed by atoms with Gasteiger partial charge in [0.2, 0.25) is 0 Å². The number of carboxylic acids is 1. The molecule has 0 heterocycles. The molecule has 4 heteroatoms. The maximum atomic E-state index is 13.6. The molecule has 4 unspecified atom stereocenters. The number of esters is 1. The van der Waals surface area contributed by atoms with Gasteiger partial charge in [-0.1, -0.05) is 137 Å². The van der Waals surface area contributed by atoms with Gasteiger partial charge < -0.3 is 9.84 Å². The molecule has 0 spiro atoms. The van der Waals surface area contributed by atoms with Gasteiger partial charge in [0, 0.05) is 6.42 Å². The lowest BCUT2D eigenvalue weighted by Crippen LogP contribution is -2.39. The minimum absolute atomic E-state index is 0.0539. The normalized spacial score (nSPS) is 15.5. The van der Waals surface area contributed by atoms with Crippen LogP contribution in [0.15, 0.2) is 0 Å². The third-order valence-electron chi connectivity index (χ3n) is 9.08. The Morgan fingerprint density at radius 1 is 0.684 bits per heavy atom. The molecule has 4 nitrogen and oxygen atoms in total. The number of carboxylic acid groups (broad SMARTS) is 1. The van der Waals surface area contributed by atoms with Crippen LogP contribution in [-0.2, 0) is 14.3 Å². The summed E-state index contributed by atoms with van der Waals surface area (Å²) >= 11 is 0. The Kier molecular flexibility index (Phi) is 23.1. The van der Waals surface area contributed by atoms with Crippen molar-refractivity contribution < 1.29 is 19.4 Å². The first-order valence-corrected chi connectivity index (χ1v) is 16.6. The lowest BCUT2D eigenvalue weighted by Gasteiger charge is -2.37. The molecular weight excluding hydrogens is 472 g/mol. The Morgan fingerprint density at radius 3 is 1.63 bits per heavy atom. The maximum Gasteiger partial charge on any atom is 0.312 e. The standard InChI is InChI=1S/C34H66O4/c1-7-11-24-30(9-3)27-34(6,33(37)38-28-31(10-4)25-12-8-2)29(5)23-21-19-17-15-13-14-16-18-20-22-26-32(35)36/h29-31H,7-28H2,1-6H3,(H,35,36). The SMILES string of the molecule is CCCCC(CC)COC(=O)C(C)(CC(CC)CCCC)C(C)CCCCCCCCCCCCC(=O)O. The van der Waals surface area contributed by atoms with Crippen LogP contribution in [0, 0.1) is 23.2 Å². The van der Waals surface area contributed by atoms with Crippen LogP contribution in [0.3, 0.4) is 0 Å². The molecule has 0 radical (unpaired) electrons. The molecule has 0 rings (SSSR count). The molecule has 0 aliphatic rings. The fraction of sp³-hybridized carbons (Fsp3) is 0.941. The second kappa shape index (κ2) is 23.8. The van der Waals surface area contributed by atoms with Crippen LogP contribution >= 0.6 is 0 Å². The summed E-state index contributed by atoms with van der Waals surface area (Å²) in [6.07, 6.45) is 23.6. The molecule has 0 saturated carbocycles. The highest BCUT2D eigenvalue weighted by molar-refractivity contribution is 5.76. The van der Waals surface area contributed by atoms with E-state index in [9.17, 15) is 9.59 Å². The van der Waals surface area contributed by atoms with E-state index in [0.717, 1.165) is 51.4 Å². The smallest absolute Gasteiger partial charge is 0.312 e. The van der Waals surface area contributed by atoms with Crippen molar-refractivity contribution in [2.24, 2.45) is 23.2 Å². The lowest BCUT2D eigenvalue weighted by molar-refractivity contribution is -0.161. The third-order valence-corrected chi connectivity index (χ3v) is 9.08. The molecule has 226 valence electrons. The van der Waals surface area contributed by atoms with Crippen molar-refractivity contribution in [2.45, 2.75) is 176 Å². The molecular formula is C34H66O4. The van der Waals surface area contributed by atoms with E-state index in [2.05, 4.69) is 41.5 Å². The fourth-order valence-electron chi connectivity index (χ4n) is 5.74. The molecule has 0 amide bonds.